The van der Waals surface area contributed by atoms with Gasteiger partial charge in [0.1, 0.15) is 5.75 Å². The van der Waals surface area contributed by atoms with E-state index in [1.165, 1.54) is 30.4 Å². The third kappa shape index (κ3) is 1.75. The summed E-state index contributed by atoms with van der Waals surface area (Å²) in [4.78, 5) is 0. The van der Waals surface area contributed by atoms with E-state index >= 15 is 0 Å². The monoisotopic (exact) mass is 286 g/mol. The molecular formula is C19H26O2. The number of fused-ring (bicyclic) bond motifs is 5. The molecule has 0 bridgehead atoms. The Labute approximate surface area is 127 Å². The average molecular weight is 286 g/mol. The lowest BCUT2D eigenvalue weighted by molar-refractivity contribution is -0.0901. The van der Waals surface area contributed by atoms with E-state index in [2.05, 4.69) is 19.9 Å². The van der Waals surface area contributed by atoms with E-state index in [4.69, 9.17) is 0 Å². The normalized spacial score (nSPS) is 44.8. The van der Waals surface area contributed by atoms with Gasteiger partial charge in [0.2, 0.25) is 0 Å². The van der Waals surface area contributed by atoms with Crippen LogP contribution in [0.15, 0.2) is 18.2 Å². The highest BCUT2D eigenvalue weighted by atomic mass is 16.3. The van der Waals surface area contributed by atoms with Crippen molar-refractivity contribution in [1.82, 2.24) is 0 Å². The first-order chi connectivity index (χ1) is 9.92. The van der Waals surface area contributed by atoms with E-state index < -0.39 is 5.60 Å². The first-order valence-electron chi connectivity index (χ1n) is 8.46. The van der Waals surface area contributed by atoms with Crippen molar-refractivity contribution in [2.24, 2.45) is 17.3 Å². The summed E-state index contributed by atoms with van der Waals surface area (Å²) in [6.45, 7) is 4.38. The number of hydrogen-bond acceptors (Lipinski definition) is 2. The maximum Gasteiger partial charge on any atom is 0.115 e. The number of phenols is 1. The summed E-state index contributed by atoms with van der Waals surface area (Å²) < 4.78 is 0. The molecule has 0 radical (unpaired) electrons. The van der Waals surface area contributed by atoms with Crippen molar-refractivity contribution in [3.05, 3.63) is 29.3 Å². The molecule has 2 heteroatoms. The van der Waals surface area contributed by atoms with Crippen molar-refractivity contribution in [3.63, 3.8) is 0 Å². The van der Waals surface area contributed by atoms with Gasteiger partial charge in [-0.2, -0.15) is 0 Å². The minimum absolute atomic E-state index is 0.0998. The standard InChI is InChI=1S/C19H26O2/c1-18-9-7-15-14-6-4-13(20)11-12(14)3-5-16(15)17(18)8-10-19(18,2)21/h4,6,11,15-17,20-21H,3,5,7-10H2,1-2H3/t15-,16+,17+,18+,19-/m0/s1. The number of aliphatic hydroxyl groups is 1. The number of aryl methyl sites for hydroxylation is 1. The molecule has 3 aliphatic rings. The largest absolute Gasteiger partial charge is 0.508 e. The van der Waals surface area contributed by atoms with Gasteiger partial charge >= 0.3 is 0 Å². The molecule has 1 aromatic rings. The molecule has 5 atom stereocenters. The predicted octanol–water partition coefficient (Wildman–Crippen LogP) is 4.00. The van der Waals surface area contributed by atoms with Crippen LogP contribution >= 0.6 is 0 Å². The van der Waals surface area contributed by atoms with E-state index in [9.17, 15) is 10.2 Å². The molecule has 2 saturated carbocycles. The maximum atomic E-state index is 10.8. The van der Waals surface area contributed by atoms with Crippen molar-refractivity contribution in [1.29, 1.82) is 0 Å². The van der Waals surface area contributed by atoms with Crippen molar-refractivity contribution in [2.45, 2.75) is 63.9 Å². The van der Waals surface area contributed by atoms with Crippen molar-refractivity contribution >= 4 is 0 Å². The smallest absolute Gasteiger partial charge is 0.115 e. The Morgan fingerprint density at radius 2 is 1.90 bits per heavy atom. The van der Waals surface area contributed by atoms with E-state index in [1.54, 1.807) is 0 Å². The van der Waals surface area contributed by atoms with E-state index in [0.29, 0.717) is 17.6 Å². The fourth-order valence-electron chi connectivity index (χ4n) is 5.81. The van der Waals surface area contributed by atoms with Crippen LogP contribution in [0.4, 0.5) is 0 Å². The number of hydrogen-bond donors (Lipinski definition) is 2. The van der Waals surface area contributed by atoms with Gasteiger partial charge in [-0.1, -0.05) is 13.0 Å². The van der Waals surface area contributed by atoms with E-state index in [1.807, 2.05) is 12.1 Å². The van der Waals surface area contributed by atoms with Gasteiger partial charge in [0.15, 0.2) is 0 Å². The Morgan fingerprint density at radius 1 is 1.10 bits per heavy atom. The highest BCUT2D eigenvalue weighted by Crippen LogP contribution is 2.64. The Kier molecular flexibility index (Phi) is 2.76. The maximum absolute atomic E-state index is 10.8. The number of rotatable bonds is 0. The van der Waals surface area contributed by atoms with Crippen LogP contribution in [0.2, 0.25) is 0 Å². The molecule has 0 aliphatic heterocycles. The molecule has 0 saturated heterocycles. The summed E-state index contributed by atoms with van der Waals surface area (Å²) in [7, 11) is 0. The number of benzene rings is 1. The molecule has 0 unspecified atom stereocenters. The third-order valence-electron chi connectivity index (χ3n) is 7.27. The van der Waals surface area contributed by atoms with Crippen LogP contribution in [0, 0.1) is 17.3 Å². The van der Waals surface area contributed by atoms with Crippen LogP contribution < -0.4 is 0 Å². The minimum atomic E-state index is -0.488. The SMILES string of the molecule is C[C@]1(O)CC[C@@H]2[C@@H]3CCc4cc(O)ccc4[C@@H]3CC[C@]21C. The zero-order valence-corrected chi connectivity index (χ0v) is 13.1. The lowest BCUT2D eigenvalue weighted by Crippen LogP contribution is -2.49. The summed E-state index contributed by atoms with van der Waals surface area (Å²) in [5.41, 5.74) is 2.43. The van der Waals surface area contributed by atoms with Gasteiger partial charge in [0.25, 0.3) is 0 Å². The molecule has 2 N–H and O–H groups in total. The Bertz CT molecular complexity index is 577. The summed E-state index contributed by atoms with van der Waals surface area (Å²) in [5.74, 6) is 2.42. The van der Waals surface area contributed by atoms with Crippen LogP contribution in [0.3, 0.4) is 0 Å². The second kappa shape index (κ2) is 4.25. The molecule has 114 valence electrons. The summed E-state index contributed by atoms with van der Waals surface area (Å²) in [5, 5.41) is 20.5. The number of phenolic OH excluding ortho intramolecular Hbond substituents is 1. The van der Waals surface area contributed by atoms with Crippen LogP contribution in [0.1, 0.15) is 63.0 Å². The molecule has 0 heterocycles. The molecule has 21 heavy (non-hydrogen) atoms. The van der Waals surface area contributed by atoms with Gasteiger partial charge in [0.05, 0.1) is 5.60 Å². The van der Waals surface area contributed by atoms with Crippen LogP contribution in [-0.4, -0.2) is 15.8 Å². The molecule has 4 rings (SSSR count). The first kappa shape index (κ1) is 13.6. The molecule has 1 aromatic carbocycles. The summed E-state index contributed by atoms with van der Waals surface area (Å²) >= 11 is 0. The average Bonchev–Trinajstić information content (AvgIpc) is 2.69. The Morgan fingerprint density at radius 3 is 2.71 bits per heavy atom. The van der Waals surface area contributed by atoms with E-state index in [0.717, 1.165) is 25.2 Å². The molecule has 0 aromatic heterocycles. The minimum Gasteiger partial charge on any atom is -0.508 e. The van der Waals surface area contributed by atoms with Crippen LogP contribution in [0.5, 0.6) is 5.75 Å². The van der Waals surface area contributed by atoms with Gasteiger partial charge in [-0.3, -0.25) is 0 Å². The lowest BCUT2D eigenvalue weighted by Gasteiger charge is -2.52. The Hall–Kier alpha value is -1.02. The summed E-state index contributed by atoms with van der Waals surface area (Å²) in [6.07, 6.45) is 6.76. The van der Waals surface area contributed by atoms with Gasteiger partial charge in [-0.15, -0.1) is 0 Å². The van der Waals surface area contributed by atoms with Gasteiger partial charge in [0, 0.05) is 0 Å². The molecule has 2 fully saturated rings. The third-order valence-corrected chi connectivity index (χ3v) is 7.27. The highest BCUT2D eigenvalue weighted by molar-refractivity contribution is 5.40. The second-order valence-corrected chi connectivity index (χ2v) is 8.07. The fourth-order valence-corrected chi connectivity index (χ4v) is 5.81. The van der Waals surface area contributed by atoms with Gasteiger partial charge < -0.3 is 10.2 Å². The molecule has 3 aliphatic carbocycles. The van der Waals surface area contributed by atoms with Crippen molar-refractivity contribution in [3.8, 4) is 5.75 Å². The van der Waals surface area contributed by atoms with Crippen molar-refractivity contribution < 1.29 is 10.2 Å². The molecule has 0 spiro atoms. The molecule has 2 nitrogen and oxygen atoms in total. The van der Waals surface area contributed by atoms with Crippen LogP contribution in [0.25, 0.3) is 0 Å². The zero-order chi connectivity index (χ0) is 14.8. The molecule has 0 amide bonds. The zero-order valence-electron chi connectivity index (χ0n) is 13.1. The topological polar surface area (TPSA) is 40.5 Å². The Balaban J connectivity index is 1.72. The van der Waals surface area contributed by atoms with Crippen molar-refractivity contribution in [2.75, 3.05) is 0 Å². The van der Waals surface area contributed by atoms with Gasteiger partial charge in [-0.25, -0.2) is 0 Å². The second-order valence-electron chi connectivity index (χ2n) is 8.07. The quantitative estimate of drug-likeness (QED) is 0.757. The van der Waals surface area contributed by atoms with Gasteiger partial charge in [-0.05, 0) is 91.9 Å². The van der Waals surface area contributed by atoms with E-state index in [-0.39, 0.29) is 5.41 Å². The fraction of sp³-hybridized carbons (Fsp3) is 0.684. The summed E-state index contributed by atoms with van der Waals surface area (Å²) in [6, 6.07) is 5.96. The molecular weight excluding hydrogens is 260 g/mol. The first-order valence-corrected chi connectivity index (χ1v) is 8.46. The lowest BCUT2D eigenvalue weighted by atomic mass is 9.53. The van der Waals surface area contributed by atoms with Crippen LogP contribution in [-0.2, 0) is 6.42 Å². The number of aromatic hydroxyl groups is 1. The predicted molar refractivity (Wildman–Crippen MR) is 83.3 cm³/mol. The highest BCUT2D eigenvalue weighted by Gasteiger charge is 2.59.